The van der Waals surface area contributed by atoms with Crippen LogP contribution in [0.3, 0.4) is 0 Å². The topological polar surface area (TPSA) is 335 Å². The van der Waals surface area contributed by atoms with Gasteiger partial charge in [0, 0.05) is 12.3 Å². The maximum atomic E-state index is 11.6. The van der Waals surface area contributed by atoms with E-state index in [9.17, 15) is 61.3 Å². The Balaban J connectivity index is 0.765. The van der Waals surface area contributed by atoms with Crippen molar-refractivity contribution in [2.75, 3.05) is 33.0 Å². The fourth-order valence-electron chi connectivity index (χ4n) is 15.9. The number of ether oxygens (including phenoxy) is 10. The molecular formula is C50H82O22. The first-order chi connectivity index (χ1) is 34.3. The SMILES string of the molecule is CC1CCC2(OC1)OC1CC3C4CCC5CC(OC6OC(CO)C(OC7OCC(O)C(O)C7OC7OC(CO)C(O)C(OC8OC(CO)C(O)C(O)C8O)C7O)C(O)C6O)CCC5(C)C4CCC3(C)C1C2C. The van der Waals surface area contributed by atoms with Gasteiger partial charge in [-0.2, -0.15) is 0 Å². The highest BCUT2D eigenvalue weighted by atomic mass is 16.8. The Kier molecular flexibility index (Phi) is 15.9. The first kappa shape index (κ1) is 54.5. The first-order valence-corrected chi connectivity index (χ1v) is 26.7. The molecule has 10 aliphatic rings. The fraction of sp³-hybridized carbons (Fsp3) is 1.00. The lowest BCUT2D eigenvalue weighted by molar-refractivity contribution is -0.391. The summed E-state index contributed by atoms with van der Waals surface area (Å²) in [5.41, 5.74) is 0.327. The van der Waals surface area contributed by atoms with E-state index in [1.165, 1.54) is 12.8 Å². The van der Waals surface area contributed by atoms with Crippen LogP contribution in [-0.2, 0) is 47.4 Å². The highest BCUT2D eigenvalue weighted by Crippen LogP contribution is 2.71. The highest BCUT2D eigenvalue weighted by molar-refractivity contribution is 5.15. The molecule has 31 atom stereocenters. The summed E-state index contributed by atoms with van der Waals surface area (Å²) in [4.78, 5) is 0. The molecule has 0 amide bonds. The zero-order valence-corrected chi connectivity index (χ0v) is 41.7. The molecule has 0 bridgehead atoms. The number of aliphatic hydroxyl groups is 12. The minimum Gasteiger partial charge on any atom is -0.394 e. The Hall–Kier alpha value is -0.880. The number of hydrogen-bond acceptors (Lipinski definition) is 22. The van der Waals surface area contributed by atoms with Crippen LogP contribution >= 0.6 is 0 Å². The second-order valence-corrected chi connectivity index (χ2v) is 23.9. The zero-order valence-electron chi connectivity index (χ0n) is 41.7. The summed E-state index contributed by atoms with van der Waals surface area (Å²) in [5.74, 6) is 3.17. The minimum atomic E-state index is -2.01. The van der Waals surface area contributed by atoms with Crippen LogP contribution in [0.25, 0.3) is 0 Å². The van der Waals surface area contributed by atoms with Crippen LogP contribution in [-0.4, -0.2) is 229 Å². The molecule has 4 aliphatic carbocycles. The summed E-state index contributed by atoms with van der Waals surface area (Å²) >= 11 is 0. The standard InChI is InChI=1S/C50H82O22/c1-20-7-12-50(64-18-20)21(2)32-28(72-50)14-26-24-6-5-22-13-23(8-10-48(22,3)25(24)9-11-49(26,32)4)65-44-39(61)37(59)41(31(17-53)68-44)69-47-43(33(55)27(54)19-63-47)71-46-40(62)42(35(57)30(16-52)67-46)70-45-38(60)36(58)34(56)29(15-51)66-45/h20-47,51-62H,5-19H2,1-4H3. The van der Waals surface area contributed by atoms with Crippen LogP contribution in [0, 0.1) is 52.3 Å². The molecule has 12 N–H and O–H groups in total. The Morgan fingerprint density at radius 3 is 1.83 bits per heavy atom. The van der Waals surface area contributed by atoms with Gasteiger partial charge >= 0.3 is 0 Å². The number of rotatable bonds is 11. The van der Waals surface area contributed by atoms with Crippen molar-refractivity contribution in [2.45, 2.75) is 227 Å². The van der Waals surface area contributed by atoms with E-state index in [4.69, 9.17) is 47.4 Å². The average molecular weight is 1040 g/mol. The van der Waals surface area contributed by atoms with E-state index in [-0.39, 0.29) is 23.0 Å². The molecule has 31 unspecified atom stereocenters. The van der Waals surface area contributed by atoms with Crippen molar-refractivity contribution >= 4 is 0 Å². The van der Waals surface area contributed by atoms with Gasteiger partial charge < -0.3 is 109 Å². The summed E-state index contributed by atoms with van der Waals surface area (Å²) in [7, 11) is 0. The third kappa shape index (κ3) is 9.26. The zero-order chi connectivity index (χ0) is 51.3. The molecule has 22 heteroatoms. The Morgan fingerprint density at radius 2 is 1.14 bits per heavy atom. The third-order valence-electron chi connectivity index (χ3n) is 20.0. The van der Waals surface area contributed by atoms with Gasteiger partial charge in [-0.05, 0) is 104 Å². The summed E-state index contributed by atoms with van der Waals surface area (Å²) in [6.07, 6.45) is -22.1. The Bertz CT molecular complexity index is 1830. The minimum absolute atomic E-state index is 0.114. The van der Waals surface area contributed by atoms with Gasteiger partial charge in [0.1, 0.15) is 91.6 Å². The van der Waals surface area contributed by atoms with Gasteiger partial charge in [-0.3, -0.25) is 0 Å². The predicted octanol–water partition coefficient (Wildman–Crippen LogP) is -2.27. The van der Waals surface area contributed by atoms with E-state index in [2.05, 4.69) is 27.7 Å². The lowest BCUT2D eigenvalue weighted by atomic mass is 9.44. The van der Waals surface area contributed by atoms with E-state index in [0.29, 0.717) is 41.4 Å². The van der Waals surface area contributed by atoms with Crippen molar-refractivity contribution in [1.29, 1.82) is 0 Å². The third-order valence-corrected chi connectivity index (χ3v) is 20.0. The summed E-state index contributed by atoms with van der Waals surface area (Å²) < 4.78 is 60.6. The molecule has 10 fully saturated rings. The molecule has 0 aromatic carbocycles. The quantitative estimate of drug-likeness (QED) is 0.0971. The van der Waals surface area contributed by atoms with Crippen molar-refractivity contribution < 1.29 is 109 Å². The van der Waals surface area contributed by atoms with Crippen LogP contribution in [0.15, 0.2) is 0 Å². The van der Waals surface area contributed by atoms with Crippen LogP contribution in [0.1, 0.15) is 91.9 Å². The van der Waals surface area contributed by atoms with Crippen molar-refractivity contribution in [3.8, 4) is 0 Å². The molecule has 4 saturated carbocycles. The van der Waals surface area contributed by atoms with Crippen LogP contribution < -0.4 is 0 Å². The smallest absolute Gasteiger partial charge is 0.187 e. The highest BCUT2D eigenvalue weighted by Gasteiger charge is 2.69. The van der Waals surface area contributed by atoms with Gasteiger partial charge in [0.15, 0.2) is 30.9 Å². The van der Waals surface area contributed by atoms with Crippen molar-refractivity contribution in [3.63, 3.8) is 0 Å². The van der Waals surface area contributed by atoms with E-state index in [1.807, 2.05) is 0 Å². The van der Waals surface area contributed by atoms with Gasteiger partial charge in [0.25, 0.3) is 0 Å². The molecule has 0 aromatic rings. The Morgan fingerprint density at radius 1 is 0.514 bits per heavy atom. The monoisotopic (exact) mass is 1030 g/mol. The van der Waals surface area contributed by atoms with Crippen LogP contribution in [0.2, 0.25) is 0 Å². The first-order valence-electron chi connectivity index (χ1n) is 26.7. The molecule has 6 heterocycles. The van der Waals surface area contributed by atoms with E-state index >= 15 is 0 Å². The average Bonchev–Trinajstić information content (AvgIpc) is 3.82. The normalized spacial score (nSPS) is 57.8. The number of aliphatic hydroxyl groups excluding tert-OH is 12. The molecule has 0 radical (unpaired) electrons. The molecule has 414 valence electrons. The molecule has 6 aliphatic heterocycles. The second-order valence-electron chi connectivity index (χ2n) is 23.9. The van der Waals surface area contributed by atoms with Gasteiger partial charge in [0.2, 0.25) is 0 Å². The van der Waals surface area contributed by atoms with Crippen LogP contribution in [0.5, 0.6) is 0 Å². The number of hydrogen-bond donors (Lipinski definition) is 12. The molecule has 72 heavy (non-hydrogen) atoms. The van der Waals surface area contributed by atoms with E-state index in [0.717, 1.165) is 58.0 Å². The fourth-order valence-corrected chi connectivity index (χ4v) is 15.9. The lowest BCUT2D eigenvalue weighted by Crippen LogP contribution is -2.67. The van der Waals surface area contributed by atoms with E-state index in [1.54, 1.807) is 0 Å². The van der Waals surface area contributed by atoms with Crippen molar-refractivity contribution in [1.82, 2.24) is 0 Å². The van der Waals surface area contributed by atoms with Crippen molar-refractivity contribution in [2.24, 2.45) is 52.3 Å². The maximum absolute atomic E-state index is 11.6. The molecule has 1 spiro atoms. The van der Waals surface area contributed by atoms with Gasteiger partial charge in [-0.25, -0.2) is 0 Å². The second kappa shape index (κ2) is 21.1. The van der Waals surface area contributed by atoms with Gasteiger partial charge in [0.05, 0.1) is 45.2 Å². The van der Waals surface area contributed by atoms with Gasteiger partial charge in [-0.15, -0.1) is 0 Å². The summed E-state index contributed by atoms with van der Waals surface area (Å²) in [6.45, 7) is 7.55. The largest absolute Gasteiger partial charge is 0.394 e. The number of fused-ring (bicyclic) bond motifs is 7. The summed E-state index contributed by atoms with van der Waals surface area (Å²) in [5, 5.41) is 129. The van der Waals surface area contributed by atoms with Crippen LogP contribution in [0.4, 0.5) is 0 Å². The molecular weight excluding hydrogens is 953 g/mol. The maximum Gasteiger partial charge on any atom is 0.187 e. The summed E-state index contributed by atoms with van der Waals surface area (Å²) in [6, 6.07) is 0. The lowest BCUT2D eigenvalue weighted by Gasteiger charge is -2.61. The molecule has 22 nitrogen and oxygen atoms in total. The Labute approximate surface area is 419 Å². The predicted molar refractivity (Wildman–Crippen MR) is 242 cm³/mol. The molecule has 6 saturated heterocycles. The van der Waals surface area contributed by atoms with E-state index < -0.39 is 149 Å². The molecule has 0 aromatic heterocycles. The van der Waals surface area contributed by atoms with Crippen molar-refractivity contribution in [3.05, 3.63) is 0 Å². The van der Waals surface area contributed by atoms with Gasteiger partial charge in [-0.1, -0.05) is 27.7 Å². The molecule has 10 rings (SSSR count).